The number of hydrogen-bond donors (Lipinski definition) is 1. The molecule has 0 aromatic heterocycles. The molecule has 3 atom stereocenters. The number of methoxy groups -OCH3 is 1. The van der Waals surface area contributed by atoms with E-state index < -0.39 is 0 Å². The zero-order valence-corrected chi connectivity index (χ0v) is 16.4. The molecule has 2 aromatic carbocycles. The van der Waals surface area contributed by atoms with Crippen molar-refractivity contribution in [3.8, 4) is 17.2 Å². The van der Waals surface area contributed by atoms with Crippen molar-refractivity contribution in [2.24, 2.45) is 11.8 Å². The number of aliphatic hydroxyl groups is 1. The van der Waals surface area contributed by atoms with Gasteiger partial charge in [-0.25, -0.2) is 0 Å². The number of aryl methyl sites for hydroxylation is 1. The van der Waals surface area contributed by atoms with E-state index in [1.54, 1.807) is 7.11 Å². The maximum absolute atomic E-state index is 12.8. The van der Waals surface area contributed by atoms with Crippen LogP contribution >= 0.6 is 0 Å². The number of rotatable bonds is 3. The number of esters is 1. The van der Waals surface area contributed by atoms with Gasteiger partial charge in [0.25, 0.3) is 0 Å². The molecule has 2 heterocycles. The van der Waals surface area contributed by atoms with Crippen LogP contribution in [0.25, 0.3) is 5.57 Å². The molecule has 2 aromatic rings. The van der Waals surface area contributed by atoms with Gasteiger partial charge in [0.15, 0.2) is 11.5 Å². The summed E-state index contributed by atoms with van der Waals surface area (Å²) in [5.74, 6) is 1.10. The van der Waals surface area contributed by atoms with Crippen molar-refractivity contribution < 1.29 is 28.8 Å². The minimum Gasteiger partial charge on any atom is -0.496 e. The van der Waals surface area contributed by atoms with Crippen LogP contribution in [0, 0.1) is 18.8 Å². The molecule has 3 aliphatic rings. The van der Waals surface area contributed by atoms with E-state index in [4.69, 9.17) is 18.9 Å². The first-order valence-electron chi connectivity index (χ1n) is 9.61. The topological polar surface area (TPSA) is 74.2 Å². The Morgan fingerprint density at radius 2 is 1.93 bits per heavy atom. The van der Waals surface area contributed by atoms with E-state index in [0.717, 1.165) is 27.8 Å². The maximum atomic E-state index is 12.8. The summed E-state index contributed by atoms with van der Waals surface area (Å²) in [6, 6.07) is 7.85. The first-order valence-corrected chi connectivity index (χ1v) is 9.61. The fourth-order valence-electron chi connectivity index (χ4n) is 4.96. The number of benzene rings is 2. The van der Waals surface area contributed by atoms with Crippen molar-refractivity contribution in [3.05, 3.63) is 58.7 Å². The van der Waals surface area contributed by atoms with Crippen molar-refractivity contribution in [1.82, 2.24) is 0 Å². The van der Waals surface area contributed by atoms with Gasteiger partial charge in [-0.2, -0.15) is 0 Å². The second kappa shape index (κ2) is 6.52. The highest BCUT2D eigenvalue weighted by Crippen LogP contribution is 2.54. The first-order chi connectivity index (χ1) is 14.0. The monoisotopic (exact) mass is 394 g/mol. The van der Waals surface area contributed by atoms with Crippen molar-refractivity contribution in [3.63, 3.8) is 0 Å². The summed E-state index contributed by atoms with van der Waals surface area (Å²) in [4.78, 5) is 12.8. The van der Waals surface area contributed by atoms with Gasteiger partial charge in [0, 0.05) is 17.4 Å². The molecular formula is C23H22O6. The Kier molecular flexibility index (Phi) is 4.06. The number of ether oxygens (including phenoxy) is 4. The molecule has 0 bridgehead atoms. The van der Waals surface area contributed by atoms with Crippen LogP contribution in [0.5, 0.6) is 17.2 Å². The SMILES string of the molecule is C=C1c2cc3c(cc2C(c2cc(C)c(OC)c(CO)c2)[C@@H]2C(=O)OC[C@H]12)OCO3. The molecule has 0 radical (unpaired) electrons. The lowest BCUT2D eigenvalue weighted by atomic mass is 9.65. The normalized spacial score (nSPS) is 24.2. The van der Waals surface area contributed by atoms with Gasteiger partial charge >= 0.3 is 5.97 Å². The van der Waals surface area contributed by atoms with Gasteiger partial charge in [0.2, 0.25) is 6.79 Å². The molecule has 1 aliphatic carbocycles. The summed E-state index contributed by atoms with van der Waals surface area (Å²) in [5, 5.41) is 9.88. The van der Waals surface area contributed by atoms with Crippen molar-refractivity contribution >= 4 is 11.5 Å². The maximum Gasteiger partial charge on any atom is 0.310 e. The zero-order chi connectivity index (χ0) is 20.3. The number of carbonyl (C=O) groups excluding carboxylic acids is 1. The van der Waals surface area contributed by atoms with Gasteiger partial charge in [-0.3, -0.25) is 4.79 Å². The Hall–Kier alpha value is -2.99. The Morgan fingerprint density at radius 1 is 1.17 bits per heavy atom. The molecule has 0 saturated carbocycles. The fourth-order valence-corrected chi connectivity index (χ4v) is 4.96. The third kappa shape index (κ3) is 2.55. The molecule has 1 saturated heterocycles. The van der Waals surface area contributed by atoms with Crippen molar-refractivity contribution in [2.75, 3.05) is 20.5 Å². The number of hydrogen-bond acceptors (Lipinski definition) is 6. The second-order valence-corrected chi connectivity index (χ2v) is 7.75. The summed E-state index contributed by atoms with van der Waals surface area (Å²) in [6.45, 7) is 6.58. The molecule has 1 fully saturated rings. The minimum atomic E-state index is -0.366. The van der Waals surface area contributed by atoms with Gasteiger partial charge in [0.05, 0.1) is 26.2 Å². The summed E-state index contributed by atoms with van der Waals surface area (Å²) in [6.07, 6.45) is 0. The van der Waals surface area contributed by atoms with Crippen LogP contribution < -0.4 is 14.2 Å². The highest BCUT2D eigenvalue weighted by Gasteiger charge is 2.49. The molecule has 1 N–H and O–H groups in total. The third-order valence-corrected chi connectivity index (χ3v) is 6.25. The van der Waals surface area contributed by atoms with Gasteiger partial charge in [-0.05, 0) is 52.9 Å². The van der Waals surface area contributed by atoms with E-state index in [-0.39, 0.29) is 37.1 Å². The van der Waals surface area contributed by atoms with Gasteiger partial charge in [-0.1, -0.05) is 12.6 Å². The zero-order valence-electron chi connectivity index (χ0n) is 16.4. The number of carbonyl (C=O) groups is 1. The van der Waals surface area contributed by atoms with E-state index in [2.05, 4.69) is 6.58 Å². The number of cyclic esters (lactones) is 1. The summed E-state index contributed by atoms with van der Waals surface area (Å²) < 4.78 is 22.1. The molecule has 5 rings (SSSR count). The molecular weight excluding hydrogens is 372 g/mol. The number of aliphatic hydroxyl groups excluding tert-OH is 1. The summed E-state index contributed by atoms with van der Waals surface area (Å²) >= 11 is 0. The Morgan fingerprint density at radius 3 is 2.66 bits per heavy atom. The quantitative estimate of drug-likeness (QED) is 0.806. The Labute approximate surface area is 168 Å². The first kappa shape index (κ1) is 18.1. The van der Waals surface area contributed by atoms with Crippen LogP contribution in [-0.2, 0) is 16.1 Å². The van der Waals surface area contributed by atoms with Crippen LogP contribution in [0.1, 0.15) is 33.7 Å². The van der Waals surface area contributed by atoms with Crippen molar-refractivity contribution in [2.45, 2.75) is 19.4 Å². The average molecular weight is 394 g/mol. The minimum absolute atomic E-state index is 0.0969. The van der Waals surface area contributed by atoms with Crippen LogP contribution in [0.4, 0.5) is 0 Å². The van der Waals surface area contributed by atoms with Gasteiger partial charge in [-0.15, -0.1) is 0 Å². The Bertz CT molecular complexity index is 1040. The smallest absolute Gasteiger partial charge is 0.310 e. The third-order valence-electron chi connectivity index (χ3n) is 6.25. The molecule has 150 valence electrons. The highest BCUT2D eigenvalue weighted by molar-refractivity contribution is 5.87. The largest absolute Gasteiger partial charge is 0.496 e. The molecule has 6 heteroatoms. The van der Waals surface area contributed by atoms with E-state index in [9.17, 15) is 9.90 Å². The standard InChI is InChI=1S/C23H22O6/c1-11-4-13(5-14(8-24)22(11)26-3)20-16-7-19-18(28-10-29-19)6-15(16)12(2)17-9-27-23(25)21(17)20/h4-7,17,20-21,24H,2,8-10H2,1,3H3/t17-,20?,21-/m1/s1. The Balaban J connectivity index is 1.75. The predicted octanol–water partition coefficient (Wildman–Crippen LogP) is 3.17. The van der Waals surface area contributed by atoms with E-state index in [1.165, 1.54) is 0 Å². The lowest BCUT2D eigenvalue weighted by molar-refractivity contribution is -0.141. The summed E-state index contributed by atoms with van der Waals surface area (Å²) in [5.41, 5.74) is 5.36. The molecule has 0 spiro atoms. The lowest BCUT2D eigenvalue weighted by Gasteiger charge is -2.35. The van der Waals surface area contributed by atoms with Crippen LogP contribution in [0.2, 0.25) is 0 Å². The van der Waals surface area contributed by atoms with Crippen molar-refractivity contribution in [1.29, 1.82) is 0 Å². The van der Waals surface area contributed by atoms with Gasteiger partial charge < -0.3 is 24.1 Å². The van der Waals surface area contributed by atoms with Gasteiger partial charge in [0.1, 0.15) is 5.75 Å². The molecule has 0 amide bonds. The van der Waals surface area contributed by atoms with Crippen LogP contribution in [0.15, 0.2) is 30.8 Å². The average Bonchev–Trinajstić information content (AvgIpc) is 3.33. The molecule has 6 nitrogen and oxygen atoms in total. The van der Waals surface area contributed by atoms with E-state index in [1.807, 2.05) is 31.2 Å². The highest BCUT2D eigenvalue weighted by atomic mass is 16.7. The lowest BCUT2D eigenvalue weighted by Crippen LogP contribution is -2.30. The van der Waals surface area contributed by atoms with E-state index >= 15 is 0 Å². The summed E-state index contributed by atoms with van der Waals surface area (Å²) in [7, 11) is 1.59. The predicted molar refractivity (Wildman–Crippen MR) is 105 cm³/mol. The van der Waals surface area contributed by atoms with E-state index in [0.29, 0.717) is 29.4 Å². The molecule has 29 heavy (non-hydrogen) atoms. The molecule has 2 aliphatic heterocycles. The number of fused-ring (bicyclic) bond motifs is 3. The molecule has 1 unspecified atom stereocenters. The second-order valence-electron chi connectivity index (χ2n) is 7.75. The van der Waals surface area contributed by atoms with Crippen LogP contribution in [0.3, 0.4) is 0 Å². The fraction of sp³-hybridized carbons (Fsp3) is 0.348. The van der Waals surface area contributed by atoms with Crippen LogP contribution in [-0.4, -0.2) is 31.6 Å².